The highest BCUT2D eigenvalue weighted by Crippen LogP contribution is 2.27. The first-order valence-electron chi connectivity index (χ1n) is 6.12. The predicted molar refractivity (Wildman–Crippen MR) is 76.0 cm³/mol. The number of hydrogen-bond acceptors (Lipinski definition) is 3. The van der Waals surface area contributed by atoms with Crippen LogP contribution >= 0.6 is 11.8 Å². The van der Waals surface area contributed by atoms with Crippen LogP contribution in [0.2, 0.25) is 0 Å². The fourth-order valence-electron chi connectivity index (χ4n) is 1.87. The highest BCUT2D eigenvalue weighted by molar-refractivity contribution is 7.99. The van der Waals surface area contributed by atoms with Crippen molar-refractivity contribution >= 4 is 17.7 Å². The molecule has 2 atom stereocenters. The van der Waals surface area contributed by atoms with E-state index < -0.39 is 11.9 Å². The Labute approximate surface area is 113 Å². The second kappa shape index (κ2) is 6.81. The summed E-state index contributed by atoms with van der Waals surface area (Å²) >= 11 is 1.80. The molecule has 4 heteroatoms. The Hall–Kier alpha value is -1.00. The maximum absolute atomic E-state index is 11.0. The van der Waals surface area contributed by atoms with Crippen LogP contribution in [0.15, 0.2) is 29.2 Å². The van der Waals surface area contributed by atoms with Gasteiger partial charge in [-0.05, 0) is 24.7 Å². The summed E-state index contributed by atoms with van der Waals surface area (Å²) in [4.78, 5) is 12.3. The minimum atomic E-state index is -0.782. The molecule has 1 aromatic rings. The standard InChI is InChI=1S/C14H21NO2S/c1-9(2)18-12-7-5-11(6-8-12)13(15-4)10(3)14(16)17/h5-10,13,15H,1-4H3,(H,16,17). The number of benzene rings is 1. The molecule has 1 aromatic carbocycles. The van der Waals surface area contributed by atoms with E-state index in [0.29, 0.717) is 5.25 Å². The molecule has 2 N–H and O–H groups in total. The van der Waals surface area contributed by atoms with Crippen LogP contribution in [0.3, 0.4) is 0 Å². The quantitative estimate of drug-likeness (QED) is 0.777. The zero-order valence-electron chi connectivity index (χ0n) is 11.3. The molecule has 3 nitrogen and oxygen atoms in total. The van der Waals surface area contributed by atoms with Gasteiger partial charge in [0.25, 0.3) is 0 Å². The number of carboxylic acids is 1. The average Bonchev–Trinajstić information content (AvgIpc) is 2.31. The minimum Gasteiger partial charge on any atom is -0.481 e. The van der Waals surface area contributed by atoms with E-state index in [9.17, 15) is 4.79 Å². The molecule has 0 amide bonds. The molecule has 0 aliphatic rings. The van der Waals surface area contributed by atoms with Crippen LogP contribution in [-0.4, -0.2) is 23.4 Å². The molecule has 0 aromatic heterocycles. The zero-order valence-corrected chi connectivity index (χ0v) is 12.1. The first kappa shape index (κ1) is 15.1. The third kappa shape index (κ3) is 4.03. The molecule has 1 rings (SSSR count). The van der Waals surface area contributed by atoms with E-state index in [0.717, 1.165) is 5.56 Å². The fourth-order valence-corrected chi connectivity index (χ4v) is 2.71. The van der Waals surface area contributed by atoms with Crippen molar-refractivity contribution in [1.29, 1.82) is 0 Å². The lowest BCUT2D eigenvalue weighted by Gasteiger charge is -2.21. The Kier molecular flexibility index (Phi) is 5.69. The van der Waals surface area contributed by atoms with Gasteiger partial charge in [-0.2, -0.15) is 0 Å². The van der Waals surface area contributed by atoms with Crippen LogP contribution in [-0.2, 0) is 4.79 Å². The molecular formula is C14H21NO2S. The second-order valence-corrected chi connectivity index (χ2v) is 6.28. The molecule has 0 radical (unpaired) electrons. The lowest BCUT2D eigenvalue weighted by molar-refractivity contribution is -0.142. The minimum absolute atomic E-state index is 0.152. The van der Waals surface area contributed by atoms with E-state index in [-0.39, 0.29) is 6.04 Å². The van der Waals surface area contributed by atoms with Crippen LogP contribution in [0.25, 0.3) is 0 Å². The molecular weight excluding hydrogens is 246 g/mol. The highest BCUT2D eigenvalue weighted by Gasteiger charge is 2.23. The van der Waals surface area contributed by atoms with Gasteiger partial charge in [-0.15, -0.1) is 11.8 Å². The predicted octanol–water partition coefficient (Wildman–Crippen LogP) is 3.17. The number of carbonyl (C=O) groups is 1. The second-order valence-electron chi connectivity index (χ2n) is 4.63. The van der Waals surface area contributed by atoms with Gasteiger partial charge in [0, 0.05) is 16.2 Å². The van der Waals surface area contributed by atoms with Crippen LogP contribution in [0.5, 0.6) is 0 Å². The molecule has 0 fully saturated rings. The molecule has 2 unspecified atom stereocenters. The molecule has 0 aliphatic heterocycles. The summed E-state index contributed by atoms with van der Waals surface area (Å²) in [5.74, 6) is -1.23. The van der Waals surface area contributed by atoms with Crippen molar-refractivity contribution in [2.45, 2.75) is 37.0 Å². The number of nitrogens with one attached hydrogen (secondary N) is 1. The van der Waals surface area contributed by atoms with Gasteiger partial charge in [0.15, 0.2) is 0 Å². The molecule has 0 heterocycles. The van der Waals surface area contributed by atoms with Crippen molar-refractivity contribution < 1.29 is 9.90 Å². The van der Waals surface area contributed by atoms with Crippen molar-refractivity contribution in [3.8, 4) is 0 Å². The lowest BCUT2D eigenvalue weighted by atomic mass is 9.95. The number of hydrogen-bond donors (Lipinski definition) is 2. The first-order chi connectivity index (χ1) is 8.45. The number of carboxylic acid groups (broad SMARTS) is 1. The molecule has 0 saturated carbocycles. The topological polar surface area (TPSA) is 49.3 Å². The third-order valence-corrected chi connectivity index (χ3v) is 3.83. The van der Waals surface area contributed by atoms with Gasteiger partial charge in [0.2, 0.25) is 0 Å². The Morgan fingerprint density at radius 2 is 1.78 bits per heavy atom. The summed E-state index contributed by atoms with van der Waals surface area (Å²) in [6, 6.07) is 7.97. The Bertz CT molecular complexity index is 389. The van der Waals surface area contributed by atoms with Crippen molar-refractivity contribution in [2.24, 2.45) is 5.92 Å². The van der Waals surface area contributed by atoms with Crippen molar-refractivity contribution in [2.75, 3.05) is 7.05 Å². The van der Waals surface area contributed by atoms with Crippen molar-refractivity contribution in [1.82, 2.24) is 5.32 Å². The Morgan fingerprint density at radius 1 is 1.22 bits per heavy atom. The maximum atomic E-state index is 11.0. The van der Waals surface area contributed by atoms with E-state index in [2.05, 4.69) is 31.3 Å². The summed E-state index contributed by atoms with van der Waals surface area (Å²) in [6.45, 7) is 6.03. The van der Waals surface area contributed by atoms with E-state index in [1.807, 2.05) is 12.1 Å². The summed E-state index contributed by atoms with van der Waals surface area (Å²) < 4.78 is 0. The van der Waals surface area contributed by atoms with E-state index in [1.54, 1.807) is 25.7 Å². The summed E-state index contributed by atoms with van der Waals surface area (Å²) in [6.07, 6.45) is 0. The Morgan fingerprint density at radius 3 is 2.17 bits per heavy atom. The van der Waals surface area contributed by atoms with Gasteiger partial charge in [-0.25, -0.2) is 0 Å². The SMILES string of the molecule is CNC(c1ccc(SC(C)C)cc1)C(C)C(=O)O. The van der Waals surface area contributed by atoms with E-state index in [4.69, 9.17) is 5.11 Å². The van der Waals surface area contributed by atoms with E-state index >= 15 is 0 Å². The van der Waals surface area contributed by atoms with Gasteiger partial charge in [-0.3, -0.25) is 4.79 Å². The lowest BCUT2D eigenvalue weighted by Crippen LogP contribution is -2.28. The molecule has 0 saturated heterocycles. The average molecular weight is 267 g/mol. The highest BCUT2D eigenvalue weighted by atomic mass is 32.2. The van der Waals surface area contributed by atoms with Crippen LogP contribution in [0, 0.1) is 5.92 Å². The van der Waals surface area contributed by atoms with E-state index in [1.165, 1.54) is 4.90 Å². The van der Waals surface area contributed by atoms with Crippen LogP contribution < -0.4 is 5.32 Å². The number of thioether (sulfide) groups is 1. The third-order valence-electron chi connectivity index (χ3n) is 2.81. The largest absolute Gasteiger partial charge is 0.481 e. The maximum Gasteiger partial charge on any atom is 0.308 e. The van der Waals surface area contributed by atoms with Crippen molar-refractivity contribution in [3.63, 3.8) is 0 Å². The molecule has 0 spiro atoms. The summed E-state index contributed by atoms with van der Waals surface area (Å²) in [5, 5.41) is 12.7. The van der Waals surface area contributed by atoms with Gasteiger partial charge in [0.1, 0.15) is 0 Å². The molecule has 0 aliphatic carbocycles. The van der Waals surface area contributed by atoms with Gasteiger partial charge in [-0.1, -0.05) is 32.9 Å². The molecule has 18 heavy (non-hydrogen) atoms. The summed E-state index contributed by atoms with van der Waals surface area (Å²) in [7, 11) is 1.79. The van der Waals surface area contributed by atoms with Gasteiger partial charge < -0.3 is 10.4 Å². The summed E-state index contributed by atoms with van der Waals surface area (Å²) in [5.41, 5.74) is 1.01. The molecule has 0 bridgehead atoms. The van der Waals surface area contributed by atoms with Gasteiger partial charge in [0.05, 0.1) is 5.92 Å². The van der Waals surface area contributed by atoms with Gasteiger partial charge >= 0.3 is 5.97 Å². The smallest absolute Gasteiger partial charge is 0.308 e. The van der Waals surface area contributed by atoms with Crippen LogP contribution in [0.1, 0.15) is 32.4 Å². The number of rotatable bonds is 6. The monoisotopic (exact) mass is 267 g/mol. The molecule has 100 valence electrons. The normalized spacial score (nSPS) is 14.5. The number of aliphatic carboxylic acids is 1. The first-order valence-corrected chi connectivity index (χ1v) is 7.00. The van der Waals surface area contributed by atoms with Crippen molar-refractivity contribution in [3.05, 3.63) is 29.8 Å². The Balaban J connectivity index is 2.85. The van der Waals surface area contributed by atoms with Crippen LogP contribution in [0.4, 0.5) is 0 Å². The fraction of sp³-hybridized carbons (Fsp3) is 0.500. The zero-order chi connectivity index (χ0) is 13.7.